The number of halogens is 1. The Kier molecular flexibility index (Phi) is 3.16. The summed E-state index contributed by atoms with van der Waals surface area (Å²) < 4.78 is 0. The Morgan fingerprint density at radius 3 is 2.60 bits per heavy atom. The van der Waals surface area contributed by atoms with Gasteiger partial charge in [0.25, 0.3) is 0 Å². The van der Waals surface area contributed by atoms with Gasteiger partial charge in [-0.25, -0.2) is 0 Å². The van der Waals surface area contributed by atoms with E-state index in [1.807, 2.05) is 11.4 Å². The van der Waals surface area contributed by atoms with Crippen LogP contribution in [0.2, 0.25) is 5.02 Å². The average molecular weight is 258 g/mol. The van der Waals surface area contributed by atoms with E-state index in [0.717, 1.165) is 9.90 Å². The minimum Gasteiger partial charge on any atom is -0.319 e. The van der Waals surface area contributed by atoms with Crippen LogP contribution in [0.15, 0.2) is 17.5 Å². The number of thiophene rings is 2. The Hall–Kier alpha value is -0.350. The van der Waals surface area contributed by atoms with E-state index in [9.17, 15) is 0 Å². The van der Waals surface area contributed by atoms with Crippen molar-refractivity contribution in [3.8, 4) is 0 Å². The van der Waals surface area contributed by atoms with Crippen LogP contribution in [0.5, 0.6) is 0 Å². The Labute approximate surface area is 103 Å². The molecule has 0 bridgehead atoms. The summed E-state index contributed by atoms with van der Waals surface area (Å²) in [4.78, 5) is 3.57. The fourth-order valence-corrected chi connectivity index (χ4v) is 3.73. The lowest BCUT2D eigenvalue weighted by Gasteiger charge is -2.07. The first-order valence-electron chi connectivity index (χ1n) is 4.65. The van der Waals surface area contributed by atoms with Crippen molar-refractivity contribution in [3.63, 3.8) is 0 Å². The molecule has 4 heteroatoms. The standard InChI is InChI=1S/C11H12ClNS2/c1-6-5-9(15-7(6)2)10(13)11-8(12)3-4-14-11/h3-5,10H,13H2,1-2H3. The van der Waals surface area contributed by atoms with Crippen molar-refractivity contribution in [2.45, 2.75) is 19.9 Å². The lowest BCUT2D eigenvalue weighted by Crippen LogP contribution is -2.08. The third kappa shape index (κ3) is 2.11. The van der Waals surface area contributed by atoms with Crippen molar-refractivity contribution in [2.24, 2.45) is 5.73 Å². The van der Waals surface area contributed by atoms with Gasteiger partial charge < -0.3 is 5.73 Å². The quantitative estimate of drug-likeness (QED) is 0.860. The zero-order chi connectivity index (χ0) is 11.0. The monoisotopic (exact) mass is 257 g/mol. The molecule has 0 saturated carbocycles. The maximum Gasteiger partial charge on any atom is 0.0755 e. The third-order valence-electron chi connectivity index (χ3n) is 2.42. The van der Waals surface area contributed by atoms with E-state index in [4.69, 9.17) is 17.3 Å². The van der Waals surface area contributed by atoms with Crippen LogP contribution in [0, 0.1) is 13.8 Å². The molecule has 0 aliphatic rings. The molecule has 0 radical (unpaired) electrons. The second-order valence-corrected chi connectivity index (χ2v) is 6.14. The Morgan fingerprint density at radius 1 is 1.40 bits per heavy atom. The van der Waals surface area contributed by atoms with Gasteiger partial charge >= 0.3 is 0 Å². The summed E-state index contributed by atoms with van der Waals surface area (Å²) in [5.74, 6) is 0. The van der Waals surface area contributed by atoms with E-state index in [0.29, 0.717) is 0 Å². The zero-order valence-corrected chi connectivity index (χ0v) is 11.0. The van der Waals surface area contributed by atoms with Crippen molar-refractivity contribution in [2.75, 3.05) is 0 Å². The van der Waals surface area contributed by atoms with E-state index in [1.165, 1.54) is 15.3 Å². The van der Waals surface area contributed by atoms with Gasteiger partial charge in [-0.3, -0.25) is 0 Å². The van der Waals surface area contributed by atoms with Crippen LogP contribution in [0.3, 0.4) is 0 Å². The molecule has 2 aromatic rings. The summed E-state index contributed by atoms with van der Waals surface area (Å²) >= 11 is 9.44. The van der Waals surface area contributed by atoms with Gasteiger partial charge in [-0.15, -0.1) is 22.7 Å². The normalized spacial score (nSPS) is 13.1. The molecule has 1 unspecified atom stereocenters. The highest BCUT2D eigenvalue weighted by Crippen LogP contribution is 2.35. The predicted octanol–water partition coefficient (Wildman–Crippen LogP) is 4.13. The summed E-state index contributed by atoms with van der Waals surface area (Å²) in [6, 6.07) is 3.98. The number of aryl methyl sites for hydroxylation is 2. The van der Waals surface area contributed by atoms with Gasteiger partial charge in [0.2, 0.25) is 0 Å². The highest BCUT2D eigenvalue weighted by atomic mass is 35.5. The van der Waals surface area contributed by atoms with Gasteiger partial charge in [0.05, 0.1) is 11.1 Å². The van der Waals surface area contributed by atoms with Crippen molar-refractivity contribution in [1.82, 2.24) is 0 Å². The summed E-state index contributed by atoms with van der Waals surface area (Å²) in [5.41, 5.74) is 7.48. The molecule has 15 heavy (non-hydrogen) atoms. The fraction of sp³-hybridized carbons (Fsp3) is 0.273. The molecule has 0 aliphatic heterocycles. The molecule has 2 aromatic heterocycles. The van der Waals surface area contributed by atoms with Gasteiger partial charge in [0, 0.05) is 14.6 Å². The van der Waals surface area contributed by atoms with Crippen LogP contribution in [0.4, 0.5) is 0 Å². The Balaban J connectivity index is 2.36. The first-order valence-corrected chi connectivity index (χ1v) is 6.72. The van der Waals surface area contributed by atoms with E-state index in [1.54, 1.807) is 22.7 Å². The van der Waals surface area contributed by atoms with Crippen molar-refractivity contribution in [3.05, 3.63) is 42.7 Å². The number of rotatable bonds is 2. The minimum atomic E-state index is -0.0742. The predicted molar refractivity (Wildman–Crippen MR) is 69.2 cm³/mol. The van der Waals surface area contributed by atoms with Gasteiger partial charge in [-0.05, 0) is 36.9 Å². The average Bonchev–Trinajstić information content (AvgIpc) is 2.74. The highest BCUT2D eigenvalue weighted by Gasteiger charge is 2.16. The molecule has 0 aromatic carbocycles. The van der Waals surface area contributed by atoms with Gasteiger partial charge in [-0.1, -0.05) is 11.6 Å². The molecule has 0 saturated heterocycles. The summed E-state index contributed by atoms with van der Waals surface area (Å²) in [5, 5.41) is 2.75. The summed E-state index contributed by atoms with van der Waals surface area (Å²) in [6.45, 7) is 4.23. The molecule has 1 nitrogen and oxygen atoms in total. The Morgan fingerprint density at radius 2 is 2.13 bits per heavy atom. The van der Waals surface area contributed by atoms with Crippen LogP contribution >= 0.6 is 34.3 Å². The molecule has 0 aliphatic carbocycles. The smallest absolute Gasteiger partial charge is 0.0755 e. The molecular weight excluding hydrogens is 246 g/mol. The van der Waals surface area contributed by atoms with Crippen LogP contribution in [0.25, 0.3) is 0 Å². The zero-order valence-electron chi connectivity index (χ0n) is 8.58. The van der Waals surface area contributed by atoms with E-state index < -0.39 is 0 Å². The number of hydrogen-bond donors (Lipinski definition) is 1. The van der Waals surface area contributed by atoms with E-state index in [-0.39, 0.29) is 6.04 Å². The first-order chi connectivity index (χ1) is 7.09. The van der Waals surface area contributed by atoms with E-state index in [2.05, 4.69) is 19.9 Å². The molecule has 1 atom stereocenters. The highest BCUT2D eigenvalue weighted by molar-refractivity contribution is 7.13. The molecule has 2 heterocycles. The van der Waals surface area contributed by atoms with Crippen LogP contribution < -0.4 is 5.73 Å². The lowest BCUT2D eigenvalue weighted by molar-refractivity contribution is 0.916. The minimum absolute atomic E-state index is 0.0742. The summed E-state index contributed by atoms with van der Waals surface area (Å²) in [7, 11) is 0. The molecule has 80 valence electrons. The van der Waals surface area contributed by atoms with Crippen LogP contribution in [-0.2, 0) is 0 Å². The van der Waals surface area contributed by atoms with E-state index >= 15 is 0 Å². The lowest BCUT2D eigenvalue weighted by atomic mass is 10.2. The van der Waals surface area contributed by atoms with Crippen molar-refractivity contribution >= 4 is 34.3 Å². The molecule has 0 fully saturated rings. The third-order valence-corrected chi connectivity index (χ3v) is 5.10. The second-order valence-electron chi connectivity index (χ2n) is 3.50. The van der Waals surface area contributed by atoms with Crippen LogP contribution in [0.1, 0.15) is 26.2 Å². The van der Waals surface area contributed by atoms with Gasteiger partial charge in [0.1, 0.15) is 0 Å². The maximum atomic E-state index is 6.18. The SMILES string of the molecule is Cc1cc(C(N)c2sccc2Cl)sc1C. The molecule has 0 amide bonds. The fourth-order valence-electron chi connectivity index (χ4n) is 1.41. The van der Waals surface area contributed by atoms with Gasteiger partial charge in [-0.2, -0.15) is 0 Å². The molecule has 2 rings (SSSR count). The second kappa shape index (κ2) is 4.26. The summed E-state index contributed by atoms with van der Waals surface area (Å²) in [6.07, 6.45) is 0. The van der Waals surface area contributed by atoms with Crippen molar-refractivity contribution in [1.29, 1.82) is 0 Å². The number of nitrogens with two attached hydrogens (primary N) is 1. The Bertz CT molecular complexity index is 453. The maximum absolute atomic E-state index is 6.18. The molecular formula is C11H12ClNS2. The first kappa shape index (κ1) is 11.1. The number of hydrogen-bond acceptors (Lipinski definition) is 3. The molecule has 2 N–H and O–H groups in total. The van der Waals surface area contributed by atoms with Crippen molar-refractivity contribution < 1.29 is 0 Å². The van der Waals surface area contributed by atoms with Crippen LogP contribution in [-0.4, -0.2) is 0 Å². The topological polar surface area (TPSA) is 26.0 Å². The molecule has 0 spiro atoms. The largest absolute Gasteiger partial charge is 0.319 e. The van der Waals surface area contributed by atoms with Gasteiger partial charge in [0.15, 0.2) is 0 Å².